The summed E-state index contributed by atoms with van der Waals surface area (Å²) in [5.74, 6) is 0.117. The highest BCUT2D eigenvalue weighted by Gasteiger charge is 2.27. The average molecular weight is 331 g/mol. The van der Waals surface area contributed by atoms with Gasteiger partial charge in [0, 0.05) is 45.9 Å². The number of amides is 1. The van der Waals surface area contributed by atoms with E-state index in [1.54, 1.807) is 0 Å². The van der Waals surface area contributed by atoms with Crippen LogP contribution in [0, 0.1) is 0 Å². The first-order valence-electron chi connectivity index (χ1n) is 9.12. The quantitative estimate of drug-likeness (QED) is 0.858. The Bertz CT molecular complexity index is 509. The molecule has 0 radical (unpaired) electrons. The Hall–Kier alpha value is -1.43. The molecule has 1 N–H and O–H groups in total. The minimum Gasteiger partial charge on any atom is -0.377 e. The van der Waals surface area contributed by atoms with Crippen molar-refractivity contribution in [3.63, 3.8) is 0 Å². The SMILES string of the molecule is CC(C(=O)NCc1ccccc1)N1CCN(CC2CCCO2)CC1. The van der Waals surface area contributed by atoms with Crippen molar-refractivity contribution in [1.82, 2.24) is 15.1 Å². The maximum Gasteiger partial charge on any atom is 0.237 e. The monoisotopic (exact) mass is 331 g/mol. The first-order chi connectivity index (χ1) is 11.7. The van der Waals surface area contributed by atoms with E-state index in [4.69, 9.17) is 4.74 Å². The van der Waals surface area contributed by atoms with E-state index in [9.17, 15) is 4.79 Å². The minimum absolute atomic E-state index is 0.0707. The van der Waals surface area contributed by atoms with Crippen molar-refractivity contribution >= 4 is 5.91 Å². The number of benzene rings is 1. The summed E-state index contributed by atoms with van der Waals surface area (Å²) in [5.41, 5.74) is 1.14. The molecule has 5 heteroatoms. The molecule has 2 heterocycles. The molecule has 24 heavy (non-hydrogen) atoms. The Kier molecular flexibility index (Phi) is 6.24. The van der Waals surface area contributed by atoms with Crippen LogP contribution < -0.4 is 5.32 Å². The number of carbonyl (C=O) groups excluding carboxylic acids is 1. The zero-order valence-corrected chi connectivity index (χ0v) is 14.6. The summed E-state index contributed by atoms with van der Waals surface area (Å²) in [6, 6.07) is 9.99. The van der Waals surface area contributed by atoms with Crippen molar-refractivity contribution in [2.45, 2.75) is 38.5 Å². The number of carbonyl (C=O) groups is 1. The summed E-state index contributed by atoms with van der Waals surface area (Å²) >= 11 is 0. The molecule has 1 aromatic carbocycles. The van der Waals surface area contributed by atoms with Gasteiger partial charge in [-0.2, -0.15) is 0 Å². The van der Waals surface area contributed by atoms with Crippen LogP contribution in [0.3, 0.4) is 0 Å². The molecule has 2 unspecified atom stereocenters. The van der Waals surface area contributed by atoms with Gasteiger partial charge in [-0.15, -0.1) is 0 Å². The van der Waals surface area contributed by atoms with Crippen molar-refractivity contribution in [3.8, 4) is 0 Å². The molecule has 0 saturated carbocycles. The second-order valence-corrected chi connectivity index (χ2v) is 6.85. The molecular weight excluding hydrogens is 302 g/mol. The maximum atomic E-state index is 12.4. The number of piperazine rings is 1. The van der Waals surface area contributed by atoms with Crippen LogP contribution in [0.4, 0.5) is 0 Å². The standard InChI is InChI=1S/C19H29N3O2/c1-16(19(23)20-14-17-6-3-2-4-7-17)22-11-9-21(10-12-22)15-18-8-5-13-24-18/h2-4,6-7,16,18H,5,8-15H2,1H3,(H,20,23). The molecule has 1 amide bonds. The molecule has 2 aliphatic rings. The van der Waals surface area contributed by atoms with Crippen molar-refractivity contribution in [2.75, 3.05) is 39.3 Å². The normalized spacial score (nSPS) is 24.0. The van der Waals surface area contributed by atoms with E-state index in [0.717, 1.165) is 44.9 Å². The van der Waals surface area contributed by atoms with Gasteiger partial charge in [0.2, 0.25) is 5.91 Å². The number of nitrogens with zero attached hydrogens (tertiary/aromatic N) is 2. The highest BCUT2D eigenvalue weighted by molar-refractivity contribution is 5.81. The van der Waals surface area contributed by atoms with Crippen molar-refractivity contribution in [1.29, 1.82) is 0 Å². The van der Waals surface area contributed by atoms with Crippen molar-refractivity contribution in [2.24, 2.45) is 0 Å². The molecule has 5 nitrogen and oxygen atoms in total. The fraction of sp³-hybridized carbons (Fsp3) is 0.632. The number of hydrogen-bond acceptors (Lipinski definition) is 4. The highest BCUT2D eigenvalue weighted by atomic mass is 16.5. The first kappa shape index (κ1) is 17.4. The van der Waals surface area contributed by atoms with Gasteiger partial charge in [0.05, 0.1) is 12.1 Å². The Morgan fingerprint density at radius 2 is 2.00 bits per heavy atom. The van der Waals surface area contributed by atoms with Gasteiger partial charge in [-0.3, -0.25) is 14.6 Å². The molecule has 2 saturated heterocycles. The molecule has 0 aromatic heterocycles. The van der Waals surface area contributed by atoms with Crippen molar-refractivity contribution < 1.29 is 9.53 Å². The third kappa shape index (κ3) is 4.79. The summed E-state index contributed by atoms with van der Waals surface area (Å²) in [6.07, 6.45) is 2.81. The van der Waals surface area contributed by atoms with E-state index in [-0.39, 0.29) is 11.9 Å². The predicted molar refractivity (Wildman–Crippen MR) is 94.7 cm³/mol. The fourth-order valence-corrected chi connectivity index (χ4v) is 3.51. The van der Waals surface area contributed by atoms with Gasteiger partial charge in [0.25, 0.3) is 0 Å². The molecule has 0 bridgehead atoms. The van der Waals surface area contributed by atoms with Gasteiger partial charge in [-0.05, 0) is 25.3 Å². The Morgan fingerprint density at radius 1 is 1.25 bits per heavy atom. The topological polar surface area (TPSA) is 44.8 Å². The van der Waals surface area contributed by atoms with Crippen LogP contribution in [0.25, 0.3) is 0 Å². The first-order valence-corrected chi connectivity index (χ1v) is 9.12. The lowest BCUT2D eigenvalue weighted by molar-refractivity contribution is -0.126. The Labute approximate surface area is 145 Å². The van der Waals surface area contributed by atoms with Crippen LogP contribution in [0.5, 0.6) is 0 Å². The van der Waals surface area contributed by atoms with Gasteiger partial charge in [0.1, 0.15) is 0 Å². The summed E-state index contributed by atoms with van der Waals surface area (Å²) in [5, 5.41) is 3.05. The third-order valence-electron chi connectivity index (χ3n) is 5.13. The Morgan fingerprint density at radius 3 is 2.67 bits per heavy atom. The highest BCUT2D eigenvalue weighted by Crippen LogP contribution is 2.15. The average Bonchev–Trinajstić information content (AvgIpc) is 3.13. The summed E-state index contributed by atoms with van der Waals surface area (Å²) in [7, 11) is 0. The van der Waals surface area contributed by atoms with Crippen molar-refractivity contribution in [3.05, 3.63) is 35.9 Å². The van der Waals surface area contributed by atoms with E-state index in [0.29, 0.717) is 12.6 Å². The summed E-state index contributed by atoms with van der Waals surface area (Å²) in [6.45, 7) is 8.52. The molecule has 2 atom stereocenters. The number of nitrogens with one attached hydrogen (secondary N) is 1. The van der Waals surface area contributed by atoms with Gasteiger partial charge in [-0.25, -0.2) is 0 Å². The van der Waals surface area contributed by atoms with Crippen LogP contribution in [-0.4, -0.2) is 67.2 Å². The number of rotatable bonds is 6. The van der Waals surface area contributed by atoms with E-state index in [1.165, 1.54) is 12.8 Å². The zero-order chi connectivity index (χ0) is 16.8. The molecule has 0 spiro atoms. The lowest BCUT2D eigenvalue weighted by Crippen LogP contribution is -2.54. The van der Waals surface area contributed by atoms with Gasteiger partial charge in [-0.1, -0.05) is 30.3 Å². The van der Waals surface area contributed by atoms with Gasteiger partial charge >= 0.3 is 0 Å². The number of hydrogen-bond donors (Lipinski definition) is 1. The van der Waals surface area contributed by atoms with E-state index in [1.807, 2.05) is 37.3 Å². The predicted octanol–water partition coefficient (Wildman–Crippen LogP) is 1.49. The largest absolute Gasteiger partial charge is 0.377 e. The van der Waals surface area contributed by atoms with Crippen LogP contribution >= 0.6 is 0 Å². The smallest absolute Gasteiger partial charge is 0.237 e. The zero-order valence-electron chi connectivity index (χ0n) is 14.6. The minimum atomic E-state index is -0.0707. The maximum absolute atomic E-state index is 12.4. The van der Waals surface area contributed by atoms with Gasteiger partial charge < -0.3 is 10.1 Å². The second kappa shape index (κ2) is 8.60. The lowest BCUT2D eigenvalue weighted by Gasteiger charge is -2.38. The van der Waals surface area contributed by atoms with Gasteiger partial charge in [0.15, 0.2) is 0 Å². The molecule has 2 aliphatic heterocycles. The summed E-state index contributed by atoms with van der Waals surface area (Å²) < 4.78 is 5.72. The van der Waals surface area contributed by atoms with Crippen LogP contribution in [0.2, 0.25) is 0 Å². The third-order valence-corrected chi connectivity index (χ3v) is 5.13. The molecule has 3 rings (SSSR count). The van der Waals surface area contributed by atoms with Crippen LogP contribution in [0.1, 0.15) is 25.3 Å². The Balaban J connectivity index is 1.39. The molecule has 0 aliphatic carbocycles. The molecule has 2 fully saturated rings. The van der Waals surface area contributed by atoms with E-state index >= 15 is 0 Å². The van der Waals surface area contributed by atoms with Crippen LogP contribution in [-0.2, 0) is 16.1 Å². The number of ether oxygens (including phenoxy) is 1. The molecule has 132 valence electrons. The molecule has 1 aromatic rings. The second-order valence-electron chi connectivity index (χ2n) is 6.85. The lowest BCUT2D eigenvalue weighted by atomic mass is 10.1. The fourth-order valence-electron chi connectivity index (χ4n) is 3.51. The van der Waals surface area contributed by atoms with E-state index < -0.39 is 0 Å². The summed E-state index contributed by atoms with van der Waals surface area (Å²) in [4.78, 5) is 17.1. The van der Waals surface area contributed by atoms with E-state index in [2.05, 4.69) is 15.1 Å². The molecular formula is C19H29N3O2. The van der Waals surface area contributed by atoms with Crippen LogP contribution in [0.15, 0.2) is 30.3 Å².